The number of nitrogens with zero attached hydrogens (tertiary/aromatic N) is 2. The van der Waals surface area contributed by atoms with E-state index in [1.54, 1.807) is 24.3 Å². The number of nitrogens with one attached hydrogen (secondary N) is 1. The molecule has 0 saturated heterocycles. The van der Waals surface area contributed by atoms with E-state index < -0.39 is 0 Å². The molecule has 2 aromatic carbocycles. The second-order valence-corrected chi connectivity index (χ2v) is 5.63. The van der Waals surface area contributed by atoms with Crippen LogP contribution in [0.5, 0.6) is 0 Å². The third kappa shape index (κ3) is 4.89. The molecule has 0 radical (unpaired) electrons. The van der Waals surface area contributed by atoms with Crippen LogP contribution >= 0.6 is 11.6 Å². The number of benzene rings is 2. The first-order valence-electron chi connectivity index (χ1n) is 7.25. The molecule has 0 aromatic heterocycles. The molecule has 0 aliphatic rings. The second kappa shape index (κ2) is 8.21. The maximum absolute atomic E-state index is 11.8. The number of hydrogen-bond donors (Lipinski definition) is 2. The van der Waals surface area contributed by atoms with Gasteiger partial charge in [-0.15, -0.1) is 0 Å². The Labute approximate surface area is 145 Å². The Kier molecular flexibility index (Phi) is 6.03. The standard InChI is InChI=1S/C17H19ClN4O2/c1-22(2)13-9-7-12(8-10-13)17(19)21-24-11-16(23)20-15-6-4-3-5-14(15)18/h3-10H,11H2,1-2H3,(H2,19,21)(H,20,23). The van der Waals surface area contributed by atoms with Gasteiger partial charge in [-0.3, -0.25) is 4.79 Å². The molecule has 6 nitrogen and oxygen atoms in total. The van der Waals surface area contributed by atoms with E-state index in [0.29, 0.717) is 16.3 Å². The molecule has 2 aromatic rings. The molecular formula is C17H19ClN4O2. The molecule has 3 N–H and O–H groups in total. The van der Waals surface area contributed by atoms with Crippen LogP contribution in [0.1, 0.15) is 5.56 Å². The van der Waals surface area contributed by atoms with Gasteiger partial charge in [-0.05, 0) is 36.4 Å². The molecule has 0 aliphatic carbocycles. The van der Waals surface area contributed by atoms with E-state index >= 15 is 0 Å². The topological polar surface area (TPSA) is 79.9 Å². The van der Waals surface area contributed by atoms with Crippen molar-refractivity contribution < 1.29 is 9.63 Å². The van der Waals surface area contributed by atoms with Crippen LogP contribution in [0.4, 0.5) is 11.4 Å². The van der Waals surface area contributed by atoms with Gasteiger partial charge in [-0.1, -0.05) is 28.9 Å². The van der Waals surface area contributed by atoms with Crippen molar-refractivity contribution in [2.45, 2.75) is 0 Å². The minimum atomic E-state index is -0.373. The number of rotatable bonds is 6. The fourth-order valence-corrected chi connectivity index (χ4v) is 2.08. The van der Waals surface area contributed by atoms with Crippen LogP contribution in [0.3, 0.4) is 0 Å². The lowest BCUT2D eigenvalue weighted by atomic mass is 10.2. The molecule has 0 atom stereocenters. The van der Waals surface area contributed by atoms with Gasteiger partial charge in [0.15, 0.2) is 12.4 Å². The average molecular weight is 347 g/mol. The Morgan fingerprint density at radius 3 is 2.50 bits per heavy atom. The van der Waals surface area contributed by atoms with Crippen molar-refractivity contribution in [1.29, 1.82) is 0 Å². The third-order valence-electron chi connectivity index (χ3n) is 3.19. The molecule has 0 spiro atoms. The van der Waals surface area contributed by atoms with Crippen molar-refractivity contribution in [2.75, 3.05) is 30.9 Å². The van der Waals surface area contributed by atoms with Crippen LogP contribution in [0.15, 0.2) is 53.7 Å². The maximum Gasteiger partial charge on any atom is 0.265 e. The summed E-state index contributed by atoms with van der Waals surface area (Å²) in [6.45, 7) is -0.262. The van der Waals surface area contributed by atoms with Crippen molar-refractivity contribution >= 4 is 34.7 Å². The molecule has 0 bridgehead atoms. The van der Waals surface area contributed by atoms with Gasteiger partial charge in [-0.2, -0.15) is 0 Å². The first-order chi connectivity index (χ1) is 11.5. The van der Waals surface area contributed by atoms with Crippen molar-refractivity contribution in [2.24, 2.45) is 10.9 Å². The number of hydrogen-bond acceptors (Lipinski definition) is 4. The average Bonchev–Trinajstić information content (AvgIpc) is 2.57. The Balaban J connectivity index is 1.88. The molecule has 1 amide bonds. The van der Waals surface area contributed by atoms with Gasteiger partial charge < -0.3 is 20.8 Å². The minimum absolute atomic E-state index is 0.200. The summed E-state index contributed by atoms with van der Waals surface area (Å²) in [6, 6.07) is 14.4. The zero-order chi connectivity index (χ0) is 17.5. The number of anilines is 2. The summed E-state index contributed by atoms with van der Waals surface area (Å²) in [7, 11) is 3.90. The van der Waals surface area contributed by atoms with E-state index in [4.69, 9.17) is 22.2 Å². The van der Waals surface area contributed by atoms with Crippen LogP contribution in [0, 0.1) is 0 Å². The van der Waals surface area contributed by atoms with Gasteiger partial charge in [0.2, 0.25) is 0 Å². The van der Waals surface area contributed by atoms with E-state index in [1.165, 1.54) is 0 Å². The summed E-state index contributed by atoms with van der Waals surface area (Å²) in [5.41, 5.74) is 8.12. The van der Waals surface area contributed by atoms with Crippen LogP contribution in [-0.4, -0.2) is 32.4 Å². The Hall–Kier alpha value is -2.73. The summed E-state index contributed by atoms with van der Waals surface area (Å²) in [5, 5.41) is 6.85. The Bertz CT molecular complexity index is 730. The first kappa shape index (κ1) is 17.6. The molecule has 24 heavy (non-hydrogen) atoms. The number of carbonyl (C=O) groups is 1. The Morgan fingerprint density at radius 1 is 1.21 bits per heavy atom. The fourth-order valence-electron chi connectivity index (χ4n) is 1.89. The molecule has 0 heterocycles. The molecule has 2 rings (SSSR count). The lowest BCUT2D eigenvalue weighted by Crippen LogP contribution is -2.19. The predicted octanol–water partition coefficient (Wildman–Crippen LogP) is 2.68. The van der Waals surface area contributed by atoms with Crippen LogP contribution in [0.2, 0.25) is 5.02 Å². The summed E-state index contributed by atoms with van der Waals surface area (Å²) in [4.78, 5) is 18.8. The highest BCUT2D eigenvalue weighted by molar-refractivity contribution is 6.33. The number of amides is 1. The number of oxime groups is 1. The predicted molar refractivity (Wildman–Crippen MR) is 97.5 cm³/mol. The lowest BCUT2D eigenvalue weighted by Gasteiger charge is -2.12. The summed E-state index contributed by atoms with van der Waals surface area (Å²) < 4.78 is 0. The lowest BCUT2D eigenvalue weighted by molar-refractivity contribution is -0.120. The first-order valence-corrected chi connectivity index (χ1v) is 7.62. The van der Waals surface area contributed by atoms with E-state index in [0.717, 1.165) is 5.69 Å². The van der Waals surface area contributed by atoms with Gasteiger partial charge in [0, 0.05) is 25.3 Å². The molecule has 0 saturated carbocycles. The van der Waals surface area contributed by atoms with Gasteiger partial charge in [0.1, 0.15) is 0 Å². The van der Waals surface area contributed by atoms with Crippen molar-refractivity contribution in [3.8, 4) is 0 Å². The number of nitrogens with two attached hydrogens (primary N) is 1. The van der Waals surface area contributed by atoms with Gasteiger partial charge in [0.05, 0.1) is 10.7 Å². The number of amidine groups is 1. The maximum atomic E-state index is 11.8. The van der Waals surface area contributed by atoms with Crippen LogP contribution in [0.25, 0.3) is 0 Å². The normalized spacial score (nSPS) is 11.0. The summed E-state index contributed by atoms with van der Waals surface area (Å²) in [6.07, 6.45) is 0. The summed E-state index contributed by atoms with van der Waals surface area (Å²) in [5.74, 6) is -0.173. The van der Waals surface area contributed by atoms with Gasteiger partial charge >= 0.3 is 0 Å². The zero-order valence-electron chi connectivity index (χ0n) is 13.5. The van der Waals surface area contributed by atoms with E-state index in [-0.39, 0.29) is 18.3 Å². The van der Waals surface area contributed by atoms with Crippen molar-refractivity contribution in [3.05, 3.63) is 59.1 Å². The van der Waals surface area contributed by atoms with E-state index in [9.17, 15) is 4.79 Å². The zero-order valence-corrected chi connectivity index (χ0v) is 14.2. The SMILES string of the molecule is CN(C)c1ccc(C(N)=NOCC(=O)Nc2ccccc2Cl)cc1. The Morgan fingerprint density at radius 2 is 1.88 bits per heavy atom. The summed E-state index contributed by atoms with van der Waals surface area (Å²) >= 11 is 5.96. The van der Waals surface area contributed by atoms with Gasteiger partial charge in [0.25, 0.3) is 5.91 Å². The molecule has 0 aliphatic heterocycles. The highest BCUT2D eigenvalue weighted by atomic mass is 35.5. The monoisotopic (exact) mass is 346 g/mol. The van der Waals surface area contributed by atoms with Crippen molar-refractivity contribution in [3.63, 3.8) is 0 Å². The van der Waals surface area contributed by atoms with E-state index in [2.05, 4.69) is 10.5 Å². The quantitative estimate of drug-likeness (QED) is 0.479. The highest BCUT2D eigenvalue weighted by Gasteiger charge is 2.06. The van der Waals surface area contributed by atoms with Crippen LogP contribution in [-0.2, 0) is 9.63 Å². The van der Waals surface area contributed by atoms with Crippen molar-refractivity contribution in [1.82, 2.24) is 0 Å². The highest BCUT2D eigenvalue weighted by Crippen LogP contribution is 2.20. The van der Waals surface area contributed by atoms with E-state index in [1.807, 2.05) is 43.3 Å². The smallest absolute Gasteiger partial charge is 0.265 e. The molecule has 0 unspecified atom stereocenters. The molecule has 7 heteroatoms. The molecule has 126 valence electrons. The minimum Gasteiger partial charge on any atom is -0.384 e. The number of halogens is 1. The number of para-hydroxylation sites is 1. The second-order valence-electron chi connectivity index (χ2n) is 5.22. The molecule has 0 fully saturated rings. The third-order valence-corrected chi connectivity index (χ3v) is 3.52. The fraction of sp³-hybridized carbons (Fsp3) is 0.176. The molecular weight excluding hydrogens is 328 g/mol. The van der Waals surface area contributed by atoms with Crippen LogP contribution < -0.4 is 16.0 Å². The number of carbonyl (C=O) groups excluding carboxylic acids is 1. The van der Waals surface area contributed by atoms with Gasteiger partial charge in [-0.25, -0.2) is 0 Å². The largest absolute Gasteiger partial charge is 0.384 e.